The van der Waals surface area contributed by atoms with E-state index in [1.165, 1.54) is 6.07 Å². The quantitative estimate of drug-likeness (QED) is 0.595. The maximum absolute atomic E-state index is 13.2. The van der Waals surface area contributed by atoms with Gasteiger partial charge in [0.15, 0.2) is 11.6 Å². The number of halogens is 4. The van der Waals surface area contributed by atoms with Crippen molar-refractivity contribution in [2.24, 2.45) is 5.10 Å². The van der Waals surface area contributed by atoms with E-state index in [0.717, 1.165) is 23.0 Å². The van der Waals surface area contributed by atoms with Crippen molar-refractivity contribution in [3.8, 4) is 5.69 Å². The van der Waals surface area contributed by atoms with Crippen LogP contribution in [0.1, 0.15) is 34.2 Å². The van der Waals surface area contributed by atoms with Gasteiger partial charge in [-0.25, -0.2) is 4.68 Å². The summed E-state index contributed by atoms with van der Waals surface area (Å²) in [7, 11) is 0. The highest BCUT2D eigenvalue weighted by atomic mass is 35.5. The molecular weight excluding hydrogens is 379 g/mol. The van der Waals surface area contributed by atoms with Gasteiger partial charge in [0, 0.05) is 22.6 Å². The minimum absolute atomic E-state index is 0.325. The summed E-state index contributed by atoms with van der Waals surface area (Å²) in [5.74, 6) is 1.29. The molecular formula is C18H17ClF3N5. The second-order valence-corrected chi connectivity index (χ2v) is 6.58. The van der Waals surface area contributed by atoms with Gasteiger partial charge < -0.3 is 4.57 Å². The summed E-state index contributed by atoms with van der Waals surface area (Å²) in [5, 5.41) is 11.9. The molecule has 9 heteroatoms. The Morgan fingerprint density at radius 3 is 2.26 bits per heavy atom. The molecule has 0 aliphatic rings. The van der Waals surface area contributed by atoms with Gasteiger partial charge in [-0.15, -0.1) is 10.2 Å². The van der Waals surface area contributed by atoms with E-state index < -0.39 is 11.7 Å². The monoisotopic (exact) mass is 395 g/mol. The summed E-state index contributed by atoms with van der Waals surface area (Å²) >= 11 is 5.72. The van der Waals surface area contributed by atoms with Gasteiger partial charge >= 0.3 is 6.18 Å². The zero-order valence-electron chi connectivity index (χ0n) is 15.1. The molecule has 0 aliphatic carbocycles. The molecule has 0 saturated heterocycles. The molecule has 0 radical (unpaired) electrons. The van der Waals surface area contributed by atoms with Crippen molar-refractivity contribution in [3.05, 3.63) is 63.5 Å². The Labute approximate surface area is 159 Å². The summed E-state index contributed by atoms with van der Waals surface area (Å²) in [5.41, 5.74) is 1.85. The molecule has 0 fully saturated rings. The van der Waals surface area contributed by atoms with Gasteiger partial charge in [0.2, 0.25) is 0 Å². The van der Waals surface area contributed by atoms with Crippen molar-refractivity contribution in [1.29, 1.82) is 0 Å². The topological polar surface area (TPSA) is 48.0 Å². The molecule has 2 aromatic heterocycles. The zero-order chi connectivity index (χ0) is 19.9. The third-order valence-electron chi connectivity index (χ3n) is 4.25. The molecule has 0 unspecified atom stereocenters. The van der Waals surface area contributed by atoms with Gasteiger partial charge in [-0.1, -0.05) is 11.6 Å². The van der Waals surface area contributed by atoms with E-state index in [9.17, 15) is 13.2 Å². The summed E-state index contributed by atoms with van der Waals surface area (Å²) in [6, 6.07) is 5.73. The average molecular weight is 396 g/mol. The first-order chi connectivity index (χ1) is 12.6. The lowest BCUT2D eigenvalue weighted by Gasteiger charge is -2.14. The van der Waals surface area contributed by atoms with E-state index >= 15 is 0 Å². The highest BCUT2D eigenvalue weighted by Crippen LogP contribution is 2.36. The maximum atomic E-state index is 13.2. The molecule has 0 bridgehead atoms. The first-order valence-corrected chi connectivity index (χ1v) is 8.46. The second-order valence-electron chi connectivity index (χ2n) is 6.17. The van der Waals surface area contributed by atoms with Crippen LogP contribution in [0.5, 0.6) is 0 Å². The van der Waals surface area contributed by atoms with E-state index in [0.29, 0.717) is 17.3 Å². The third kappa shape index (κ3) is 3.62. The first-order valence-electron chi connectivity index (χ1n) is 8.08. The van der Waals surface area contributed by atoms with Crippen molar-refractivity contribution in [2.45, 2.75) is 33.9 Å². The fraction of sp³-hybridized carbons (Fsp3) is 0.278. The average Bonchev–Trinajstić information content (AvgIpc) is 3.04. The predicted molar refractivity (Wildman–Crippen MR) is 97.7 cm³/mol. The van der Waals surface area contributed by atoms with Gasteiger partial charge in [-0.3, -0.25) is 0 Å². The highest BCUT2D eigenvalue weighted by molar-refractivity contribution is 6.31. The van der Waals surface area contributed by atoms with Gasteiger partial charge in [0.1, 0.15) is 0 Å². The van der Waals surface area contributed by atoms with Crippen LogP contribution in [0.3, 0.4) is 0 Å². The molecule has 2 heterocycles. The summed E-state index contributed by atoms with van der Waals surface area (Å²) in [6.07, 6.45) is -2.88. The Bertz CT molecular complexity index is 1010. The van der Waals surface area contributed by atoms with Crippen LogP contribution in [0.4, 0.5) is 13.2 Å². The Morgan fingerprint density at radius 2 is 1.67 bits per heavy atom. The Morgan fingerprint density at radius 1 is 1.04 bits per heavy atom. The summed E-state index contributed by atoms with van der Waals surface area (Å²) < 4.78 is 42.9. The molecule has 142 valence electrons. The standard InChI is InChI=1S/C18H17ClF3N5/c1-10-7-14(9-23-27-12(3)24-25-13(27)4)11(2)26(10)15-5-6-17(19)16(8-15)18(20,21)22/h5-9H,1-4H3. The molecule has 0 amide bonds. The Kier molecular flexibility index (Phi) is 4.86. The van der Waals surface area contributed by atoms with E-state index in [2.05, 4.69) is 15.3 Å². The predicted octanol–water partition coefficient (Wildman–Crippen LogP) is 4.86. The van der Waals surface area contributed by atoms with Crippen LogP contribution in [0.2, 0.25) is 5.02 Å². The molecule has 0 N–H and O–H groups in total. The number of rotatable bonds is 3. The molecule has 0 spiro atoms. The zero-order valence-corrected chi connectivity index (χ0v) is 15.9. The normalized spacial score (nSPS) is 12.3. The summed E-state index contributed by atoms with van der Waals surface area (Å²) in [4.78, 5) is 0. The van der Waals surface area contributed by atoms with Crippen molar-refractivity contribution >= 4 is 17.8 Å². The van der Waals surface area contributed by atoms with Crippen LogP contribution in [0, 0.1) is 27.7 Å². The van der Waals surface area contributed by atoms with Crippen LogP contribution < -0.4 is 0 Å². The molecule has 27 heavy (non-hydrogen) atoms. The number of aromatic nitrogens is 4. The third-order valence-corrected chi connectivity index (χ3v) is 4.58. The van der Waals surface area contributed by atoms with E-state index in [4.69, 9.17) is 11.6 Å². The van der Waals surface area contributed by atoms with Crippen molar-refractivity contribution in [1.82, 2.24) is 19.4 Å². The van der Waals surface area contributed by atoms with Gasteiger partial charge in [0.05, 0.1) is 16.8 Å². The number of hydrogen-bond acceptors (Lipinski definition) is 3. The van der Waals surface area contributed by atoms with Crippen LogP contribution in [0.25, 0.3) is 5.69 Å². The first kappa shape index (κ1) is 19.2. The number of alkyl halides is 3. The van der Waals surface area contributed by atoms with Gasteiger partial charge in [0.25, 0.3) is 0 Å². The fourth-order valence-electron chi connectivity index (χ4n) is 2.94. The summed E-state index contributed by atoms with van der Waals surface area (Å²) in [6.45, 7) is 7.21. The molecule has 3 aromatic rings. The minimum Gasteiger partial charge on any atom is -0.318 e. The maximum Gasteiger partial charge on any atom is 0.417 e. The van der Waals surface area contributed by atoms with E-state index in [1.807, 2.05) is 19.9 Å². The second kappa shape index (κ2) is 6.84. The van der Waals surface area contributed by atoms with Crippen LogP contribution in [-0.2, 0) is 6.18 Å². The molecule has 5 nitrogen and oxygen atoms in total. The molecule has 1 aromatic carbocycles. The smallest absolute Gasteiger partial charge is 0.318 e. The fourth-order valence-corrected chi connectivity index (χ4v) is 3.16. The lowest BCUT2D eigenvalue weighted by atomic mass is 10.2. The van der Waals surface area contributed by atoms with Crippen molar-refractivity contribution < 1.29 is 13.2 Å². The number of benzene rings is 1. The molecule has 0 aliphatic heterocycles. The highest BCUT2D eigenvalue weighted by Gasteiger charge is 2.33. The Balaban J connectivity index is 2.05. The number of hydrogen-bond donors (Lipinski definition) is 0. The van der Waals surface area contributed by atoms with Crippen molar-refractivity contribution in [3.63, 3.8) is 0 Å². The van der Waals surface area contributed by atoms with Gasteiger partial charge in [-0.2, -0.15) is 18.3 Å². The van der Waals surface area contributed by atoms with Crippen molar-refractivity contribution in [2.75, 3.05) is 0 Å². The van der Waals surface area contributed by atoms with E-state index in [1.54, 1.807) is 35.4 Å². The number of nitrogens with zero attached hydrogens (tertiary/aromatic N) is 5. The Hall–Kier alpha value is -2.61. The SMILES string of the molecule is Cc1nnc(C)n1N=Cc1cc(C)n(-c2ccc(Cl)c(C(F)(F)F)c2)c1C. The minimum atomic E-state index is -4.52. The van der Waals surface area contributed by atoms with Crippen LogP contribution >= 0.6 is 11.6 Å². The lowest BCUT2D eigenvalue weighted by Crippen LogP contribution is -2.08. The number of aryl methyl sites for hydroxylation is 3. The van der Waals surface area contributed by atoms with Crippen LogP contribution in [0.15, 0.2) is 29.4 Å². The molecule has 0 saturated carbocycles. The van der Waals surface area contributed by atoms with Gasteiger partial charge in [-0.05, 0) is 52.0 Å². The molecule has 0 atom stereocenters. The van der Waals surface area contributed by atoms with E-state index in [-0.39, 0.29) is 5.02 Å². The largest absolute Gasteiger partial charge is 0.417 e. The molecule has 3 rings (SSSR count). The lowest BCUT2D eigenvalue weighted by molar-refractivity contribution is -0.137. The van der Waals surface area contributed by atoms with Crippen LogP contribution in [-0.4, -0.2) is 25.7 Å².